The quantitative estimate of drug-likeness (QED) is 0.767. The van der Waals surface area contributed by atoms with E-state index in [1.54, 1.807) is 6.20 Å². The van der Waals surface area contributed by atoms with Crippen molar-refractivity contribution in [3.63, 3.8) is 0 Å². The fraction of sp³-hybridized carbons (Fsp3) is 0.167. The summed E-state index contributed by atoms with van der Waals surface area (Å²) >= 11 is 0. The number of nitrogen functional groups attached to an aromatic ring is 1. The molecular formula is C12H13N3. The lowest BCUT2D eigenvalue weighted by Gasteiger charge is -2.06. The molecule has 0 saturated carbocycles. The number of hydrogen-bond donors (Lipinski definition) is 1. The molecule has 76 valence electrons. The van der Waals surface area contributed by atoms with Crippen LogP contribution in [0.4, 0.5) is 5.69 Å². The van der Waals surface area contributed by atoms with Crippen LogP contribution in [-0.4, -0.2) is 10.2 Å². The van der Waals surface area contributed by atoms with Crippen LogP contribution in [0, 0.1) is 13.8 Å². The summed E-state index contributed by atoms with van der Waals surface area (Å²) in [6, 6.07) is 8.21. The smallest absolute Gasteiger partial charge is 0.0835 e. The molecule has 3 nitrogen and oxygen atoms in total. The molecule has 0 aliphatic rings. The molecule has 0 bridgehead atoms. The molecular weight excluding hydrogens is 186 g/mol. The zero-order valence-corrected chi connectivity index (χ0v) is 8.86. The third-order valence-corrected chi connectivity index (χ3v) is 2.44. The first-order valence-electron chi connectivity index (χ1n) is 4.83. The first-order chi connectivity index (χ1) is 7.18. The average molecular weight is 199 g/mol. The summed E-state index contributed by atoms with van der Waals surface area (Å²) in [7, 11) is 0. The molecule has 0 spiro atoms. The van der Waals surface area contributed by atoms with E-state index in [2.05, 4.69) is 29.3 Å². The largest absolute Gasteiger partial charge is 0.397 e. The molecule has 0 radical (unpaired) electrons. The molecule has 0 unspecified atom stereocenters. The van der Waals surface area contributed by atoms with Gasteiger partial charge in [0.05, 0.1) is 17.6 Å². The van der Waals surface area contributed by atoms with Crippen LogP contribution in [0.5, 0.6) is 0 Å². The van der Waals surface area contributed by atoms with Crippen LogP contribution in [0.3, 0.4) is 0 Å². The Hall–Kier alpha value is -1.90. The van der Waals surface area contributed by atoms with E-state index in [-0.39, 0.29) is 0 Å². The standard InChI is InChI=1S/C12H13N3/c1-8-3-5-10(6-4-8)11-7-14-15-9(2)12(11)13/h3-7H,1-2H3,(H2,13,14). The fourth-order valence-corrected chi connectivity index (χ4v) is 1.45. The molecule has 15 heavy (non-hydrogen) atoms. The molecule has 2 rings (SSSR count). The van der Waals surface area contributed by atoms with E-state index in [4.69, 9.17) is 5.73 Å². The Kier molecular flexibility index (Phi) is 2.37. The molecule has 1 aromatic heterocycles. The van der Waals surface area contributed by atoms with Crippen molar-refractivity contribution >= 4 is 5.69 Å². The fourth-order valence-electron chi connectivity index (χ4n) is 1.45. The van der Waals surface area contributed by atoms with E-state index in [1.807, 2.05) is 19.1 Å². The highest BCUT2D eigenvalue weighted by atomic mass is 15.1. The van der Waals surface area contributed by atoms with Gasteiger partial charge in [-0.05, 0) is 19.4 Å². The summed E-state index contributed by atoms with van der Waals surface area (Å²) in [6.45, 7) is 3.92. The van der Waals surface area contributed by atoms with Crippen LogP contribution < -0.4 is 5.73 Å². The van der Waals surface area contributed by atoms with Crippen LogP contribution in [0.15, 0.2) is 30.5 Å². The van der Waals surface area contributed by atoms with Gasteiger partial charge < -0.3 is 5.73 Å². The predicted octanol–water partition coefficient (Wildman–Crippen LogP) is 2.34. The maximum absolute atomic E-state index is 5.95. The molecule has 0 saturated heterocycles. The number of hydrogen-bond acceptors (Lipinski definition) is 3. The van der Waals surface area contributed by atoms with Crippen molar-refractivity contribution in [2.45, 2.75) is 13.8 Å². The number of anilines is 1. The van der Waals surface area contributed by atoms with Crippen LogP contribution in [0.25, 0.3) is 11.1 Å². The number of nitrogens with zero attached hydrogens (tertiary/aromatic N) is 2. The highest BCUT2D eigenvalue weighted by molar-refractivity contribution is 5.76. The molecule has 2 aromatic rings. The van der Waals surface area contributed by atoms with E-state index >= 15 is 0 Å². The van der Waals surface area contributed by atoms with Gasteiger partial charge >= 0.3 is 0 Å². The van der Waals surface area contributed by atoms with E-state index in [9.17, 15) is 0 Å². The number of nitrogens with two attached hydrogens (primary N) is 1. The summed E-state index contributed by atoms with van der Waals surface area (Å²) in [5.74, 6) is 0. The van der Waals surface area contributed by atoms with Crippen molar-refractivity contribution in [3.8, 4) is 11.1 Å². The number of rotatable bonds is 1. The Morgan fingerprint density at radius 1 is 1.07 bits per heavy atom. The second-order valence-corrected chi connectivity index (χ2v) is 3.62. The molecule has 1 heterocycles. The second kappa shape index (κ2) is 3.69. The SMILES string of the molecule is Cc1ccc(-c2cnnc(C)c2N)cc1. The van der Waals surface area contributed by atoms with Gasteiger partial charge in [-0.3, -0.25) is 0 Å². The van der Waals surface area contributed by atoms with E-state index in [0.29, 0.717) is 5.69 Å². The van der Waals surface area contributed by atoms with Crippen molar-refractivity contribution in [2.24, 2.45) is 0 Å². The Bertz CT molecular complexity index is 475. The summed E-state index contributed by atoms with van der Waals surface area (Å²) < 4.78 is 0. The second-order valence-electron chi connectivity index (χ2n) is 3.62. The maximum Gasteiger partial charge on any atom is 0.0835 e. The van der Waals surface area contributed by atoms with Crippen LogP contribution in [0.1, 0.15) is 11.3 Å². The van der Waals surface area contributed by atoms with E-state index in [1.165, 1.54) is 5.56 Å². The summed E-state index contributed by atoms with van der Waals surface area (Å²) in [5, 5.41) is 7.82. The molecule has 0 fully saturated rings. The topological polar surface area (TPSA) is 51.8 Å². The lowest BCUT2D eigenvalue weighted by atomic mass is 10.0. The van der Waals surface area contributed by atoms with Crippen LogP contribution in [0.2, 0.25) is 0 Å². The zero-order valence-electron chi connectivity index (χ0n) is 8.86. The minimum Gasteiger partial charge on any atom is -0.397 e. The van der Waals surface area contributed by atoms with Crippen molar-refractivity contribution in [1.82, 2.24) is 10.2 Å². The van der Waals surface area contributed by atoms with Gasteiger partial charge in [-0.2, -0.15) is 10.2 Å². The normalized spacial score (nSPS) is 10.3. The minimum absolute atomic E-state index is 0.703. The summed E-state index contributed by atoms with van der Waals surface area (Å²) in [5.41, 5.74) is 10.7. The molecule has 0 atom stereocenters. The van der Waals surface area contributed by atoms with Crippen molar-refractivity contribution in [1.29, 1.82) is 0 Å². The Balaban J connectivity index is 2.54. The molecule has 3 heteroatoms. The summed E-state index contributed by atoms with van der Waals surface area (Å²) in [4.78, 5) is 0. The highest BCUT2D eigenvalue weighted by Crippen LogP contribution is 2.26. The maximum atomic E-state index is 5.95. The predicted molar refractivity (Wildman–Crippen MR) is 61.4 cm³/mol. The molecule has 1 aromatic carbocycles. The van der Waals surface area contributed by atoms with Gasteiger partial charge in [-0.15, -0.1) is 0 Å². The van der Waals surface area contributed by atoms with Crippen LogP contribution >= 0.6 is 0 Å². The van der Waals surface area contributed by atoms with Crippen molar-refractivity contribution in [2.75, 3.05) is 5.73 Å². The van der Waals surface area contributed by atoms with Gasteiger partial charge in [0.25, 0.3) is 0 Å². The number of aryl methyl sites for hydroxylation is 2. The Morgan fingerprint density at radius 2 is 1.73 bits per heavy atom. The van der Waals surface area contributed by atoms with Gasteiger partial charge in [0.15, 0.2) is 0 Å². The van der Waals surface area contributed by atoms with Crippen LogP contribution in [-0.2, 0) is 0 Å². The number of benzene rings is 1. The average Bonchev–Trinajstić information content (AvgIpc) is 2.24. The summed E-state index contributed by atoms with van der Waals surface area (Å²) in [6.07, 6.45) is 1.70. The van der Waals surface area contributed by atoms with Crippen molar-refractivity contribution < 1.29 is 0 Å². The Morgan fingerprint density at radius 3 is 2.40 bits per heavy atom. The van der Waals surface area contributed by atoms with Gasteiger partial charge in [-0.25, -0.2) is 0 Å². The lowest BCUT2D eigenvalue weighted by Crippen LogP contribution is -1.98. The molecule has 0 amide bonds. The third kappa shape index (κ3) is 1.81. The van der Waals surface area contributed by atoms with Gasteiger partial charge in [0, 0.05) is 5.56 Å². The molecule has 0 aliphatic carbocycles. The number of aromatic nitrogens is 2. The zero-order chi connectivity index (χ0) is 10.8. The molecule has 0 aliphatic heterocycles. The molecule has 2 N–H and O–H groups in total. The van der Waals surface area contributed by atoms with Gasteiger partial charge in [0.2, 0.25) is 0 Å². The first kappa shape index (κ1) is 9.65. The van der Waals surface area contributed by atoms with Crippen molar-refractivity contribution in [3.05, 3.63) is 41.7 Å². The third-order valence-electron chi connectivity index (χ3n) is 2.44. The highest BCUT2D eigenvalue weighted by Gasteiger charge is 2.05. The van der Waals surface area contributed by atoms with Gasteiger partial charge in [0.1, 0.15) is 0 Å². The lowest BCUT2D eigenvalue weighted by molar-refractivity contribution is 0.987. The van der Waals surface area contributed by atoms with E-state index in [0.717, 1.165) is 16.8 Å². The monoisotopic (exact) mass is 199 g/mol. The Labute approximate surface area is 89.0 Å². The minimum atomic E-state index is 0.703. The first-order valence-corrected chi connectivity index (χ1v) is 4.83. The van der Waals surface area contributed by atoms with E-state index < -0.39 is 0 Å². The van der Waals surface area contributed by atoms with Gasteiger partial charge in [-0.1, -0.05) is 29.8 Å².